The molecule has 0 aliphatic heterocycles. The Balaban J connectivity index is 2.09. The van der Waals surface area contributed by atoms with Crippen LogP contribution in [0.15, 0.2) is 4.52 Å². The summed E-state index contributed by atoms with van der Waals surface area (Å²) in [5, 5.41) is 3.96. The Morgan fingerprint density at radius 3 is 2.53 bits per heavy atom. The summed E-state index contributed by atoms with van der Waals surface area (Å²) in [5.74, 6) is 2.88. The fraction of sp³-hybridized carbons (Fsp3) is 0.818. The Morgan fingerprint density at radius 1 is 1.33 bits per heavy atom. The van der Waals surface area contributed by atoms with E-state index < -0.39 is 0 Å². The maximum Gasteiger partial charge on any atom is 0.229 e. The third-order valence-corrected chi connectivity index (χ3v) is 3.19. The van der Waals surface area contributed by atoms with E-state index >= 15 is 0 Å². The van der Waals surface area contributed by atoms with Gasteiger partial charge < -0.3 is 10.3 Å². The highest BCUT2D eigenvalue weighted by atomic mass is 16.5. The second kappa shape index (κ2) is 3.93. The van der Waals surface area contributed by atoms with Crippen LogP contribution in [0.5, 0.6) is 0 Å². The van der Waals surface area contributed by atoms with E-state index in [0.29, 0.717) is 17.7 Å². The second-order valence-electron chi connectivity index (χ2n) is 4.89. The first-order chi connectivity index (χ1) is 7.09. The maximum absolute atomic E-state index is 5.96. The summed E-state index contributed by atoms with van der Waals surface area (Å²) in [6, 6.07) is -0.117. The Labute approximate surface area is 90.2 Å². The number of nitrogens with zero attached hydrogens (tertiary/aromatic N) is 2. The highest BCUT2D eigenvalue weighted by molar-refractivity contribution is 5.01. The molecule has 0 aromatic carbocycles. The molecule has 1 fully saturated rings. The van der Waals surface area contributed by atoms with Crippen LogP contribution in [0, 0.1) is 11.8 Å². The molecule has 1 aliphatic carbocycles. The van der Waals surface area contributed by atoms with Gasteiger partial charge in [0.15, 0.2) is 5.82 Å². The van der Waals surface area contributed by atoms with Crippen LogP contribution in [-0.2, 0) is 0 Å². The molecule has 2 rings (SSSR count). The first-order valence-corrected chi connectivity index (χ1v) is 5.68. The fourth-order valence-electron chi connectivity index (χ4n) is 1.66. The lowest BCUT2D eigenvalue weighted by atomic mass is 10.0. The molecular weight excluding hydrogens is 190 g/mol. The van der Waals surface area contributed by atoms with E-state index in [-0.39, 0.29) is 6.04 Å². The highest BCUT2D eigenvalue weighted by Gasteiger charge is 2.33. The molecule has 2 atom stereocenters. The van der Waals surface area contributed by atoms with Gasteiger partial charge in [-0.3, -0.25) is 0 Å². The lowest BCUT2D eigenvalue weighted by molar-refractivity contribution is 0.339. The summed E-state index contributed by atoms with van der Waals surface area (Å²) in [5.41, 5.74) is 5.96. The molecule has 4 heteroatoms. The monoisotopic (exact) mass is 209 g/mol. The van der Waals surface area contributed by atoms with Crippen LogP contribution in [0.25, 0.3) is 0 Å². The second-order valence-corrected chi connectivity index (χ2v) is 4.89. The van der Waals surface area contributed by atoms with Crippen molar-refractivity contribution in [1.82, 2.24) is 10.1 Å². The van der Waals surface area contributed by atoms with Crippen molar-refractivity contribution in [3.63, 3.8) is 0 Å². The first kappa shape index (κ1) is 10.6. The predicted molar refractivity (Wildman–Crippen MR) is 57.2 cm³/mol. The van der Waals surface area contributed by atoms with E-state index in [4.69, 9.17) is 10.3 Å². The molecule has 0 bridgehead atoms. The zero-order valence-corrected chi connectivity index (χ0v) is 9.60. The molecule has 1 aliphatic rings. The largest absolute Gasteiger partial charge is 0.339 e. The quantitative estimate of drug-likeness (QED) is 0.825. The van der Waals surface area contributed by atoms with Crippen LogP contribution in [0.1, 0.15) is 57.3 Å². The lowest BCUT2D eigenvalue weighted by Crippen LogP contribution is -2.18. The van der Waals surface area contributed by atoms with Crippen molar-refractivity contribution in [1.29, 1.82) is 0 Å². The summed E-state index contributed by atoms with van der Waals surface area (Å²) in [7, 11) is 0. The number of rotatable bonds is 4. The standard InChI is InChI=1S/C11H19N3O/c1-6(2)9(12)10-13-11(15-14-10)7(3)8-4-5-8/h6-9H,4-5,12H2,1-3H3. The molecule has 0 spiro atoms. The van der Waals surface area contributed by atoms with Crippen molar-refractivity contribution in [2.24, 2.45) is 17.6 Å². The minimum Gasteiger partial charge on any atom is -0.339 e. The van der Waals surface area contributed by atoms with E-state index in [0.717, 1.165) is 11.8 Å². The molecule has 2 unspecified atom stereocenters. The zero-order valence-electron chi connectivity index (χ0n) is 9.60. The van der Waals surface area contributed by atoms with Crippen molar-refractivity contribution in [2.45, 2.75) is 45.6 Å². The van der Waals surface area contributed by atoms with Gasteiger partial charge in [-0.15, -0.1) is 0 Å². The van der Waals surface area contributed by atoms with Crippen LogP contribution in [0.4, 0.5) is 0 Å². The summed E-state index contributed by atoms with van der Waals surface area (Å²) >= 11 is 0. The van der Waals surface area contributed by atoms with Gasteiger partial charge in [0.05, 0.1) is 6.04 Å². The SMILES string of the molecule is CC(C)C(N)c1noc(C(C)C2CC2)n1. The van der Waals surface area contributed by atoms with Gasteiger partial charge in [0, 0.05) is 5.92 Å². The summed E-state index contributed by atoms with van der Waals surface area (Å²) in [6.07, 6.45) is 2.57. The van der Waals surface area contributed by atoms with Crippen LogP contribution in [0.3, 0.4) is 0 Å². The van der Waals surface area contributed by atoms with Crippen molar-refractivity contribution in [3.05, 3.63) is 11.7 Å². The molecule has 2 N–H and O–H groups in total. The topological polar surface area (TPSA) is 64.9 Å². The van der Waals surface area contributed by atoms with E-state index in [1.165, 1.54) is 12.8 Å². The molecular formula is C11H19N3O. The van der Waals surface area contributed by atoms with Crippen molar-refractivity contribution < 1.29 is 4.52 Å². The van der Waals surface area contributed by atoms with E-state index in [2.05, 4.69) is 30.9 Å². The number of aromatic nitrogens is 2. The minimum absolute atomic E-state index is 0.117. The van der Waals surface area contributed by atoms with Crippen LogP contribution >= 0.6 is 0 Å². The zero-order chi connectivity index (χ0) is 11.0. The summed E-state index contributed by atoms with van der Waals surface area (Å²) in [6.45, 7) is 6.27. The van der Waals surface area contributed by atoms with Gasteiger partial charge in [0.2, 0.25) is 5.89 Å². The molecule has 0 amide bonds. The Morgan fingerprint density at radius 2 is 2.00 bits per heavy atom. The molecule has 0 saturated heterocycles. The Hall–Kier alpha value is -0.900. The Kier molecular flexibility index (Phi) is 2.78. The van der Waals surface area contributed by atoms with Crippen LogP contribution in [-0.4, -0.2) is 10.1 Å². The van der Waals surface area contributed by atoms with Gasteiger partial charge in [-0.2, -0.15) is 4.98 Å². The average Bonchev–Trinajstić information content (AvgIpc) is 2.93. The first-order valence-electron chi connectivity index (χ1n) is 5.68. The van der Waals surface area contributed by atoms with Crippen LogP contribution < -0.4 is 5.73 Å². The molecule has 1 heterocycles. The number of hydrogen-bond acceptors (Lipinski definition) is 4. The highest BCUT2D eigenvalue weighted by Crippen LogP contribution is 2.41. The summed E-state index contributed by atoms with van der Waals surface area (Å²) < 4.78 is 5.26. The van der Waals surface area contributed by atoms with Gasteiger partial charge in [0.25, 0.3) is 0 Å². The minimum atomic E-state index is -0.117. The van der Waals surface area contributed by atoms with Crippen molar-refractivity contribution >= 4 is 0 Å². The third kappa shape index (κ3) is 2.20. The predicted octanol–water partition coefficient (Wildman–Crippen LogP) is 2.24. The summed E-state index contributed by atoms with van der Waals surface area (Å²) in [4.78, 5) is 4.39. The Bertz CT molecular complexity index is 308. The van der Waals surface area contributed by atoms with Crippen LogP contribution in [0.2, 0.25) is 0 Å². The van der Waals surface area contributed by atoms with Gasteiger partial charge in [0.1, 0.15) is 0 Å². The van der Waals surface area contributed by atoms with E-state index in [9.17, 15) is 0 Å². The third-order valence-electron chi connectivity index (χ3n) is 3.19. The normalized spacial score (nSPS) is 20.6. The molecule has 4 nitrogen and oxygen atoms in total. The molecule has 1 saturated carbocycles. The lowest BCUT2D eigenvalue weighted by Gasteiger charge is -2.09. The number of hydrogen-bond donors (Lipinski definition) is 1. The molecule has 1 aromatic rings. The van der Waals surface area contributed by atoms with Crippen molar-refractivity contribution in [2.75, 3.05) is 0 Å². The van der Waals surface area contributed by atoms with E-state index in [1.807, 2.05) is 0 Å². The molecule has 1 aromatic heterocycles. The fourth-order valence-corrected chi connectivity index (χ4v) is 1.66. The van der Waals surface area contributed by atoms with Gasteiger partial charge in [-0.25, -0.2) is 0 Å². The van der Waals surface area contributed by atoms with Gasteiger partial charge >= 0.3 is 0 Å². The molecule has 84 valence electrons. The average molecular weight is 209 g/mol. The van der Waals surface area contributed by atoms with Gasteiger partial charge in [-0.1, -0.05) is 25.9 Å². The van der Waals surface area contributed by atoms with Gasteiger partial charge in [-0.05, 0) is 24.7 Å². The maximum atomic E-state index is 5.96. The molecule has 15 heavy (non-hydrogen) atoms. The van der Waals surface area contributed by atoms with E-state index in [1.54, 1.807) is 0 Å². The smallest absolute Gasteiger partial charge is 0.229 e. The molecule has 0 radical (unpaired) electrons. The number of nitrogens with two attached hydrogens (primary N) is 1. The van der Waals surface area contributed by atoms with Crippen molar-refractivity contribution in [3.8, 4) is 0 Å².